The number of pyridine rings is 1. The first-order valence-corrected chi connectivity index (χ1v) is 6.09. The average molecular weight is 250 g/mol. The Morgan fingerprint density at radius 2 is 2.05 bits per heavy atom. The summed E-state index contributed by atoms with van der Waals surface area (Å²) in [5, 5.41) is 5.52. The first kappa shape index (κ1) is 10.3. The largest absolute Gasteiger partial charge is 0.328 e. The molecule has 4 rings (SSSR count). The number of H-pyrrole nitrogens is 1. The second-order valence-electron chi connectivity index (χ2n) is 4.75. The zero-order valence-electron chi connectivity index (χ0n) is 9.99. The number of aromatic nitrogens is 1. The standard InChI is InChI=1S/C15H10N2O2/c18-7-16-11-4-5-12-14-10(11)6-8-2-1-3-9(13(8)14)15(19)17-12/h1-5,7H,6H2,(H,16,18)(H,17,19). The molecule has 92 valence electrons. The van der Waals surface area contributed by atoms with E-state index in [0.717, 1.165) is 39.5 Å². The van der Waals surface area contributed by atoms with Crippen LogP contribution in [0.2, 0.25) is 0 Å². The fourth-order valence-electron chi connectivity index (χ4n) is 3.03. The molecule has 0 aliphatic heterocycles. The van der Waals surface area contributed by atoms with Crippen LogP contribution in [0.15, 0.2) is 35.1 Å². The van der Waals surface area contributed by atoms with Gasteiger partial charge >= 0.3 is 0 Å². The van der Waals surface area contributed by atoms with Crippen LogP contribution in [-0.2, 0) is 11.2 Å². The third-order valence-electron chi connectivity index (χ3n) is 3.79. The number of rotatable bonds is 2. The van der Waals surface area contributed by atoms with Gasteiger partial charge in [-0.15, -0.1) is 0 Å². The van der Waals surface area contributed by atoms with Crippen LogP contribution in [0.25, 0.3) is 21.7 Å². The van der Waals surface area contributed by atoms with Gasteiger partial charge in [0.1, 0.15) is 0 Å². The number of nitrogens with one attached hydrogen (secondary N) is 2. The lowest BCUT2D eigenvalue weighted by Crippen LogP contribution is -2.06. The molecule has 0 bridgehead atoms. The summed E-state index contributed by atoms with van der Waals surface area (Å²) in [6, 6.07) is 9.45. The number of amides is 1. The Hall–Kier alpha value is -2.62. The fourth-order valence-corrected chi connectivity index (χ4v) is 3.03. The summed E-state index contributed by atoms with van der Waals surface area (Å²) < 4.78 is 0. The van der Waals surface area contributed by atoms with E-state index in [-0.39, 0.29) is 5.56 Å². The van der Waals surface area contributed by atoms with Gasteiger partial charge in [0.2, 0.25) is 6.41 Å². The smallest absolute Gasteiger partial charge is 0.256 e. The first-order chi connectivity index (χ1) is 9.29. The highest BCUT2D eigenvalue weighted by atomic mass is 16.1. The van der Waals surface area contributed by atoms with Gasteiger partial charge in [0.15, 0.2) is 0 Å². The van der Waals surface area contributed by atoms with Crippen LogP contribution < -0.4 is 10.9 Å². The Labute approximate surface area is 108 Å². The van der Waals surface area contributed by atoms with E-state index in [1.165, 1.54) is 0 Å². The van der Waals surface area contributed by atoms with Crippen molar-refractivity contribution in [2.45, 2.75) is 6.42 Å². The molecule has 0 saturated heterocycles. The molecule has 0 spiro atoms. The molecule has 1 aliphatic rings. The van der Waals surface area contributed by atoms with E-state index in [1.54, 1.807) is 0 Å². The van der Waals surface area contributed by atoms with Crippen molar-refractivity contribution in [3.05, 3.63) is 51.8 Å². The summed E-state index contributed by atoms with van der Waals surface area (Å²) in [6.45, 7) is 0. The molecule has 2 aromatic carbocycles. The van der Waals surface area contributed by atoms with Gasteiger partial charge in [-0.25, -0.2) is 0 Å². The number of benzene rings is 2. The molecule has 4 nitrogen and oxygen atoms in total. The predicted octanol–water partition coefficient (Wildman–Crippen LogP) is 2.15. The molecule has 1 aliphatic carbocycles. The van der Waals surface area contributed by atoms with Gasteiger partial charge < -0.3 is 10.3 Å². The van der Waals surface area contributed by atoms with E-state index < -0.39 is 0 Å². The lowest BCUT2D eigenvalue weighted by atomic mass is 10.1. The molecule has 2 N–H and O–H groups in total. The molecule has 1 heterocycles. The normalized spacial score (nSPS) is 12.4. The van der Waals surface area contributed by atoms with E-state index in [4.69, 9.17) is 0 Å². The maximum Gasteiger partial charge on any atom is 0.256 e. The number of aromatic amines is 1. The van der Waals surface area contributed by atoms with Gasteiger partial charge in [-0.1, -0.05) is 12.1 Å². The van der Waals surface area contributed by atoms with Crippen LogP contribution in [-0.4, -0.2) is 11.4 Å². The molecule has 4 heteroatoms. The highest BCUT2D eigenvalue weighted by Crippen LogP contribution is 2.39. The number of carbonyl (C=O) groups excluding carboxylic acids is 1. The number of hydrogen-bond donors (Lipinski definition) is 2. The van der Waals surface area contributed by atoms with Crippen LogP contribution in [0.5, 0.6) is 0 Å². The lowest BCUT2D eigenvalue weighted by molar-refractivity contribution is -0.105. The second kappa shape index (κ2) is 3.45. The Morgan fingerprint density at radius 3 is 2.89 bits per heavy atom. The molecule has 0 radical (unpaired) electrons. The molecule has 3 aromatic rings. The Balaban J connectivity index is 2.26. The van der Waals surface area contributed by atoms with Crippen molar-refractivity contribution in [1.29, 1.82) is 0 Å². The van der Waals surface area contributed by atoms with Gasteiger partial charge in [0, 0.05) is 33.8 Å². The third kappa shape index (κ3) is 1.23. The van der Waals surface area contributed by atoms with E-state index in [9.17, 15) is 9.59 Å². The highest BCUT2D eigenvalue weighted by molar-refractivity contribution is 6.13. The number of anilines is 1. The minimum Gasteiger partial charge on any atom is -0.328 e. The summed E-state index contributed by atoms with van der Waals surface area (Å²) >= 11 is 0. The molecule has 0 saturated carbocycles. The summed E-state index contributed by atoms with van der Waals surface area (Å²) in [4.78, 5) is 25.6. The maximum absolute atomic E-state index is 12.1. The average Bonchev–Trinajstić information content (AvgIpc) is 2.81. The second-order valence-corrected chi connectivity index (χ2v) is 4.75. The van der Waals surface area contributed by atoms with Crippen LogP contribution >= 0.6 is 0 Å². The quantitative estimate of drug-likeness (QED) is 0.423. The first-order valence-electron chi connectivity index (χ1n) is 6.09. The minimum absolute atomic E-state index is 0.0618. The van der Waals surface area contributed by atoms with Crippen molar-refractivity contribution >= 4 is 33.8 Å². The molecule has 1 amide bonds. The summed E-state index contributed by atoms with van der Waals surface area (Å²) in [5.74, 6) is 0. The highest BCUT2D eigenvalue weighted by Gasteiger charge is 2.21. The zero-order valence-corrected chi connectivity index (χ0v) is 9.99. The van der Waals surface area contributed by atoms with Crippen molar-refractivity contribution in [3.63, 3.8) is 0 Å². The Kier molecular flexibility index (Phi) is 1.87. The molecular weight excluding hydrogens is 240 g/mol. The third-order valence-corrected chi connectivity index (χ3v) is 3.79. The van der Waals surface area contributed by atoms with Crippen molar-refractivity contribution in [2.24, 2.45) is 0 Å². The Morgan fingerprint density at radius 1 is 1.16 bits per heavy atom. The summed E-state index contributed by atoms with van der Waals surface area (Å²) in [5.41, 5.74) is 3.80. The summed E-state index contributed by atoms with van der Waals surface area (Å²) in [6.07, 6.45) is 1.43. The molecule has 1 aromatic heterocycles. The van der Waals surface area contributed by atoms with Crippen molar-refractivity contribution in [3.8, 4) is 0 Å². The van der Waals surface area contributed by atoms with Crippen LogP contribution in [0, 0.1) is 0 Å². The van der Waals surface area contributed by atoms with E-state index in [2.05, 4.69) is 10.3 Å². The Bertz CT molecular complexity index is 909. The van der Waals surface area contributed by atoms with E-state index in [0.29, 0.717) is 11.8 Å². The number of hydrogen-bond acceptors (Lipinski definition) is 2. The molecule has 0 fully saturated rings. The topological polar surface area (TPSA) is 62.0 Å². The lowest BCUT2D eigenvalue weighted by Gasteiger charge is -2.07. The molecule has 0 unspecified atom stereocenters. The minimum atomic E-state index is -0.0618. The molecular formula is C15H10N2O2. The van der Waals surface area contributed by atoms with Gasteiger partial charge in [-0.05, 0) is 29.3 Å². The van der Waals surface area contributed by atoms with Crippen molar-refractivity contribution < 1.29 is 4.79 Å². The van der Waals surface area contributed by atoms with E-state index in [1.807, 2.05) is 30.3 Å². The van der Waals surface area contributed by atoms with Gasteiger partial charge in [0.05, 0.1) is 0 Å². The predicted molar refractivity (Wildman–Crippen MR) is 74.6 cm³/mol. The van der Waals surface area contributed by atoms with Crippen LogP contribution in [0.1, 0.15) is 11.1 Å². The molecule has 19 heavy (non-hydrogen) atoms. The fraction of sp³-hybridized carbons (Fsp3) is 0.0667. The van der Waals surface area contributed by atoms with Gasteiger partial charge in [0.25, 0.3) is 5.56 Å². The van der Waals surface area contributed by atoms with Crippen LogP contribution in [0.3, 0.4) is 0 Å². The van der Waals surface area contributed by atoms with Gasteiger partial charge in [-0.3, -0.25) is 9.59 Å². The maximum atomic E-state index is 12.1. The number of carbonyl (C=O) groups is 1. The SMILES string of the molecule is O=CNc1ccc2[nH]c(=O)c3cccc4c3c2c1C4. The van der Waals surface area contributed by atoms with E-state index >= 15 is 0 Å². The van der Waals surface area contributed by atoms with Crippen LogP contribution in [0.4, 0.5) is 5.69 Å². The van der Waals surface area contributed by atoms with Crippen molar-refractivity contribution in [1.82, 2.24) is 4.98 Å². The monoisotopic (exact) mass is 250 g/mol. The molecule has 0 atom stereocenters. The van der Waals surface area contributed by atoms with Gasteiger partial charge in [-0.2, -0.15) is 0 Å². The zero-order chi connectivity index (χ0) is 13.0. The van der Waals surface area contributed by atoms with Crippen molar-refractivity contribution in [2.75, 3.05) is 5.32 Å². The summed E-state index contributed by atoms with van der Waals surface area (Å²) in [7, 11) is 0.